The molecule has 0 unspecified atom stereocenters. The molecule has 0 spiro atoms. The van der Waals surface area contributed by atoms with Gasteiger partial charge in [0, 0.05) is 23.6 Å². The van der Waals surface area contributed by atoms with Gasteiger partial charge in [-0.25, -0.2) is 0 Å². The third-order valence-electron chi connectivity index (χ3n) is 4.74. The van der Waals surface area contributed by atoms with Gasteiger partial charge in [-0.05, 0) is 31.5 Å². The Bertz CT molecular complexity index is 1110. The van der Waals surface area contributed by atoms with Crippen LogP contribution in [0.25, 0.3) is 22.2 Å². The second kappa shape index (κ2) is 6.76. The van der Waals surface area contributed by atoms with Crippen molar-refractivity contribution in [3.63, 3.8) is 0 Å². The SMILES string of the molecule is Cc1ccc2c(C)c(C(=O)N(C)Cc3cc(-c4ccccc4)n[nH]3)oc2c1. The molecule has 27 heavy (non-hydrogen) atoms. The van der Waals surface area contributed by atoms with Gasteiger partial charge in [-0.3, -0.25) is 9.89 Å². The van der Waals surface area contributed by atoms with E-state index in [1.54, 1.807) is 11.9 Å². The van der Waals surface area contributed by atoms with Gasteiger partial charge < -0.3 is 9.32 Å². The highest BCUT2D eigenvalue weighted by Crippen LogP contribution is 2.27. The van der Waals surface area contributed by atoms with Crippen molar-refractivity contribution in [1.29, 1.82) is 0 Å². The van der Waals surface area contributed by atoms with E-state index >= 15 is 0 Å². The summed E-state index contributed by atoms with van der Waals surface area (Å²) < 4.78 is 5.86. The number of amides is 1. The van der Waals surface area contributed by atoms with Gasteiger partial charge in [0.05, 0.1) is 17.9 Å². The number of fused-ring (bicyclic) bond motifs is 1. The number of nitrogens with zero attached hydrogens (tertiary/aromatic N) is 2. The number of nitrogens with one attached hydrogen (secondary N) is 1. The van der Waals surface area contributed by atoms with Crippen LogP contribution >= 0.6 is 0 Å². The molecule has 0 aliphatic rings. The van der Waals surface area contributed by atoms with Crippen LogP contribution in [0.5, 0.6) is 0 Å². The highest BCUT2D eigenvalue weighted by molar-refractivity contribution is 5.98. The van der Waals surface area contributed by atoms with Crippen LogP contribution in [0, 0.1) is 13.8 Å². The van der Waals surface area contributed by atoms with Gasteiger partial charge >= 0.3 is 0 Å². The van der Waals surface area contributed by atoms with Crippen LogP contribution in [-0.4, -0.2) is 28.1 Å². The summed E-state index contributed by atoms with van der Waals surface area (Å²) in [7, 11) is 1.77. The van der Waals surface area contributed by atoms with E-state index in [9.17, 15) is 4.79 Å². The Morgan fingerprint density at radius 3 is 2.67 bits per heavy atom. The second-order valence-corrected chi connectivity index (χ2v) is 6.86. The summed E-state index contributed by atoms with van der Waals surface area (Å²) >= 11 is 0. The topological polar surface area (TPSA) is 62.1 Å². The van der Waals surface area contributed by atoms with Crippen LogP contribution in [0.15, 0.2) is 59.0 Å². The largest absolute Gasteiger partial charge is 0.451 e. The lowest BCUT2D eigenvalue weighted by atomic mass is 10.1. The van der Waals surface area contributed by atoms with E-state index in [4.69, 9.17) is 4.42 Å². The van der Waals surface area contributed by atoms with Crippen molar-refractivity contribution in [2.45, 2.75) is 20.4 Å². The standard InChI is InChI=1S/C22H21N3O2/c1-14-9-10-18-15(2)21(27-20(18)11-14)22(26)25(3)13-17-12-19(24-23-17)16-7-5-4-6-8-16/h4-12H,13H2,1-3H3,(H,23,24). The fraction of sp³-hybridized carbons (Fsp3) is 0.182. The molecular weight excluding hydrogens is 338 g/mol. The molecule has 0 aliphatic carbocycles. The molecule has 0 radical (unpaired) electrons. The van der Waals surface area contributed by atoms with Gasteiger partial charge in [0.25, 0.3) is 5.91 Å². The average molecular weight is 359 g/mol. The minimum atomic E-state index is -0.141. The van der Waals surface area contributed by atoms with Crippen molar-refractivity contribution < 1.29 is 9.21 Å². The summed E-state index contributed by atoms with van der Waals surface area (Å²) in [5.74, 6) is 0.248. The maximum Gasteiger partial charge on any atom is 0.289 e. The lowest BCUT2D eigenvalue weighted by molar-refractivity contribution is 0.0753. The molecule has 0 fully saturated rings. The zero-order chi connectivity index (χ0) is 19.0. The number of aromatic nitrogens is 2. The van der Waals surface area contributed by atoms with E-state index in [2.05, 4.69) is 10.2 Å². The van der Waals surface area contributed by atoms with Gasteiger partial charge in [-0.1, -0.05) is 42.5 Å². The first-order valence-electron chi connectivity index (χ1n) is 8.88. The number of carbonyl (C=O) groups is 1. The number of aryl methyl sites for hydroxylation is 2. The maximum absolute atomic E-state index is 12.9. The Kier molecular flexibility index (Phi) is 4.28. The zero-order valence-corrected chi connectivity index (χ0v) is 15.6. The van der Waals surface area contributed by atoms with E-state index in [1.165, 1.54) is 0 Å². The van der Waals surface area contributed by atoms with Crippen LogP contribution < -0.4 is 0 Å². The zero-order valence-electron chi connectivity index (χ0n) is 15.6. The highest BCUT2D eigenvalue weighted by Gasteiger charge is 2.21. The van der Waals surface area contributed by atoms with Crippen LogP contribution in [0.4, 0.5) is 0 Å². The number of rotatable bonds is 4. The van der Waals surface area contributed by atoms with Crippen LogP contribution in [0.2, 0.25) is 0 Å². The Balaban J connectivity index is 1.55. The lowest BCUT2D eigenvalue weighted by Gasteiger charge is -2.14. The van der Waals surface area contributed by atoms with Crippen molar-refractivity contribution in [3.05, 3.63) is 77.2 Å². The van der Waals surface area contributed by atoms with E-state index in [0.29, 0.717) is 12.3 Å². The summed E-state index contributed by atoms with van der Waals surface area (Å²) in [6.07, 6.45) is 0. The van der Waals surface area contributed by atoms with Crippen molar-refractivity contribution in [1.82, 2.24) is 15.1 Å². The first-order valence-corrected chi connectivity index (χ1v) is 8.88. The second-order valence-electron chi connectivity index (χ2n) is 6.86. The fourth-order valence-corrected chi connectivity index (χ4v) is 3.24. The van der Waals surface area contributed by atoms with E-state index < -0.39 is 0 Å². The molecule has 1 N–H and O–H groups in total. The average Bonchev–Trinajstić information content (AvgIpc) is 3.26. The van der Waals surface area contributed by atoms with E-state index in [1.807, 2.05) is 68.4 Å². The molecule has 0 bridgehead atoms. The summed E-state index contributed by atoms with van der Waals surface area (Å²) in [5.41, 5.74) is 5.50. The summed E-state index contributed by atoms with van der Waals surface area (Å²) in [6.45, 7) is 4.35. The highest BCUT2D eigenvalue weighted by atomic mass is 16.3. The Morgan fingerprint density at radius 1 is 1.11 bits per heavy atom. The molecule has 4 rings (SSSR count). The number of aromatic amines is 1. The molecule has 2 heterocycles. The van der Waals surface area contributed by atoms with Gasteiger partial charge in [0.2, 0.25) is 0 Å². The third-order valence-corrected chi connectivity index (χ3v) is 4.74. The van der Waals surface area contributed by atoms with Gasteiger partial charge in [-0.15, -0.1) is 0 Å². The minimum Gasteiger partial charge on any atom is -0.451 e. The molecule has 0 atom stereocenters. The van der Waals surface area contributed by atoms with Gasteiger partial charge in [0.15, 0.2) is 5.76 Å². The molecule has 2 aromatic heterocycles. The molecule has 2 aromatic carbocycles. The van der Waals surface area contributed by atoms with Crippen LogP contribution in [-0.2, 0) is 6.54 Å². The predicted molar refractivity (Wildman–Crippen MR) is 106 cm³/mol. The molecular formula is C22H21N3O2. The minimum absolute atomic E-state index is 0.141. The fourth-order valence-electron chi connectivity index (χ4n) is 3.24. The molecule has 1 amide bonds. The number of carbonyl (C=O) groups excluding carboxylic acids is 1. The Labute approximate surface area is 157 Å². The first-order chi connectivity index (χ1) is 13.0. The van der Waals surface area contributed by atoms with Crippen molar-refractivity contribution in [2.75, 3.05) is 7.05 Å². The van der Waals surface area contributed by atoms with Crippen LogP contribution in [0.3, 0.4) is 0 Å². The van der Waals surface area contributed by atoms with Gasteiger partial charge in [0.1, 0.15) is 5.58 Å². The molecule has 0 saturated heterocycles. The third kappa shape index (κ3) is 3.24. The molecule has 5 heteroatoms. The van der Waals surface area contributed by atoms with Crippen molar-refractivity contribution >= 4 is 16.9 Å². The summed E-state index contributed by atoms with van der Waals surface area (Å²) in [4.78, 5) is 14.5. The van der Waals surface area contributed by atoms with Crippen molar-refractivity contribution in [3.8, 4) is 11.3 Å². The maximum atomic E-state index is 12.9. The summed E-state index contributed by atoms with van der Waals surface area (Å²) in [5, 5.41) is 8.34. The van der Waals surface area contributed by atoms with Crippen molar-refractivity contribution in [2.24, 2.45) is 0 Å². The Hall–Kier alpha value is -3.34. The summed E-state index contributed by atoms with van der Waals surface area (Å²) in [6, 6.07) is 17.9. The molecule has 5 nitrogen and oxygen atoms in total. The monoisotopic (exact) mass is 359 g/mol. The lowest BCUT2D eigenvalue weighted by Crippen LogP contribution is -2.26. The quantitative estimate of drug-likeness (QED) is 0.574. The molecule has 0 aliphatic heterocycles. The molecule has 0 saturated carbocycles. The smallest absolute Gasteiger partial charge is 0.289 e. The number of hydrogen-bond donors (Lipinski definition) is 1. The van der Waals surface area contributed by atoms with E-state index in [0.717, 1.165) is 39.0 Å². The number of benzene rings is 2. The number of hydrogen-bond acceptors (Lipinski definition) is 3. The number of H-pyrrole nitrogens is 1. The van der Waals surface area contributed by atoms with Crippen LogP contribution in [0.1, 0.15) is 27.4 Å². The van der Waals surface area contributed by atoms with Gasteiger partial charge in [-0.2, -0.15) is 5.10 Å². The number of furan rings is 1. The molecule has 4 aromatic rings. The van der Waals surface area contributed by atoms with E-state index in [-0.39, 0.29) is 5.91 Å². The molecule has 136 valence electrons. The normalized spacial score (nSPS) is 11.1. The Morgan fingerprint density at radius 2 is 1.89 bits per heavy atom. The first kappa shape index (κ1) is 17.1. The predicted octanol–water partition coefficient (Wildman–Crippen LogP) is 4.71.